The highest BCUT2D eigenvalue weighted by molar-refractivity contribution is 5.54. The molecular weight excluding hydrogens is 474 g/mol. The number of ether oxygens (including phenoxy) is 1. The average molecular weight is 520 g/mol. The Morgan fingerprint density at radius 2 is 1.47 bits per heavy atom. The van der Waals surface area contributed by atoms with Crippen LogP contribution in [0.15, 0.2) is 36.4 Å². The van der Waals surface area contributed by atoms with Crippen molar-refractivity contribution in [2.45, 2.75) is 70.0 Å². The summed E-state index contributed by atoms with van der Waals surface area (Å²) < 4.78 is 5.61. The molecule has 1 unspecified atom stereocenters. The third-order valence-corrected chi connectivity index (χ3v) is 8.86. The van der Waals surface area contributed by atoms with Crippen molar-refractivity contribution >= 4 is 5.69 Å². The van der Waals surface area contributed by atoms with Gasteiger partial charge >= 0.3 is 0 Å². The van der Waals surface area contributed by atoms with Crippen molar-refractivity contribution in [1.82, 2.24) is 9.80 Å². The fourth-order valence-corrected chi connectivity index (χ4v) is 6.06. The van der Waals surface area contributed by atoms with Gasteiger partial charge in [-0.2, -0.15) is 0 Å². The Morgan fingerprint density at radius 1 is 0.868 bits per heavy atom. The van der Waals surface area contributed by atoms with Crippen molar-refractivity contribution in [1.29, 1.82) is 0 Å². The summed E-state index contributed by atoms with van der Waals surface area (Å²) in [5, 5.41) is 21.7. The molecule has 0 saturated carbocycles. The van der Waals surface area contributed by atoms with Crippen LogP contribution in [0.1, 0.15) is 68.2 Å². The van der Waals surface area contributed by atoms with E-state index in [1.54, 1.807) is 12.1 Å². The van der Waals surface area contributed by atoms with E-state index in [1.165, 1.54) is 30.4 Å². The van der Waals surface area contributed by atoms with Crippen molar-refractivity contribution in [3.8, 4) is 5.75 Å². The fourth-order valence-electron chi connectivity index (χ4n) is 6.06. The first-order valence-electron chi connectivity index (χ1n) is 14.3. The summed E-state index contributed by atoms with van der Waals surface area (Å²) in [5.41, 5.74) is 4.07. The summed E-state index contributed by atoms with van der Waals surface area (Å²) in [4.78, 5) is 7.93. The molecule has 0 bridgehead atoms. The van der Waals surface area contributed by atoms with Gasteiger partial charge in [0, 0.05) is 31.7 Å². The Labute approximate surface area is 229 Å². The van der Waals surface area contributed by atoms with Gasteiger partial charge in [0.05, 0.1) is 24.4 Å². The van der Waals surface area contributed by atoms with Gasteiger partial charge in [0.25, 0.3) is 0 Å². The number of hydrogen-bond acceptors (Lipinski definition) is 5. The second kappa shape index (κ2) is 12.2. The molecule has 3 aliphatic rings. The van der Waals surface area contributed by atoms with Gasteiger partial charge in [-0.3, -0.25) is 0 Å². The van der Waals surface area contributed by atoms with Gasteiger partial charge in [0.2, 0.25) is 0 Å². The summed E-state index contributed by atoms with van der Waals surface area (Å²) >= 11 is 0. The molecule has 2 N–H and O–H groups in total. The Bertz CT molecular complexity index is 1130. The smallest absolute Gasteiger partial charge is 0.190 e. The van der Waals surface area contributed by atoms with Gasteiger partial charge in [-0.25, -0.2) is 4.85 Å². The van der Waals surface area contributed by atoms with Crippen LogP contribution >= 0.6 is 0 Å². The lowest BCUT2D eigenvalue weighted by molar-refractivity contribution is -0.0222. The monoisotopic (exact) mass is 519 g/mol. The second-order valence-corrected chi connectivity index (χ2v) is 11.6. The maximum Gasteiger partial charge on any atom is 0.190 e. The normalized spacial score (nSPS) is 22.6. The predicted octanol–water partition coefficient (Wildman–Crippen LogP) is 5.27. The summed E-state index contributed by atoms with van der Waals surface area (Å²) in [5.74, 6) is 1.46. The lowest BCUT2D eigenvalue weighted by Gasteiger charge is -2.37. The highest BCUT2D eigenvalue weighted by Gasteiger charge is 2.36. The van der Waals surface area contributed by atoms with Gasteiger partial charge in [-0.1, -0.05) is 43.7 Å². The summed E-state index contributed by atoms with van der Waals surface area (Å²) in [6, 6.07) is 12.0. The van der Waals surface area contributed by atoms with Crippen molar-refractivity contribution in [2.24, 2.45) is 5.92 Å². The molecule has 5 rings (SSSR count). The number of benzene rings is 2. The van der Waals surface area contributed by atoms with Crippen molar-refractivity contribution < 1.29 is 14.9 Å². The van der Waals surface area contributed by atoms with Gasteiger partial charge in [0.15, 0.2) is 5.69 Å². The molecule has 2 aromatic rings. The highest BCUT2D eigenvalue weighted by Crippen LogP contribution is 2.40. The zero-order valence-corrected chi connectivity index (χ0v) is 23.7. The van der Waals surface area contributed by atoms with E-state index in [0.717, 1.165) is 56.1 Å². The minimum Gasteiger partial charge on any atom is -0.495 e. The number of piperidine rings is 2. The maximum atomic E-state index is 10.9. The third-order valence-electron chi connectivity index (χ3n) is 8.86. The lowest BCUT2D eigenvalue weighted by atomic mass is 9.83. The molecule has 1 atom stereocenters. The predicted molar refractivity (Wildman–Crippen MR) is 153 cm³/mol. The number of likely N-dealkylation sites (tertiary alicyclic amines) is 2. The van der Waals surface area contributed by atoms with Crippen LogP contribution < -0.4 is 4.74 Å². The molecule has 0 aromatic heterocycles. The summed E-state index contributed by atoms with van der Waals surface area (Å²) in [7, 11) is 4.19. The molecule has 2 heterocycles. The minimum atomic E-state index is -0.836. The Kier molecular flexibility index (Phi) is 9.15. The Balaban J connectivity index is 0.000000177. The van der Waals surface area contributed by atoms with E-state index in [9.17, 15) is 10.2 Å². The van der Waals surface area contributed by atoms with Gasteiger partial charge in [-0.05, 0) is 88.2 Å². The zero-order valence-electron chi connectivity index (χ0n) is 23.7. The SMILES string of the molecule is CCC1Cc2ccc(C3(O)CCN(C)CC3)cc2C1.[C-]#[N+]c1ccc(C2(O)CCN(C)CC2)c(OCC)c1. The van der Waals surface area contributed by atoms with Crippen LogP contribution in [0.4, 0.5) is 5.69 Å². The second-order valence-electron chi connectivity index (χ2n) is 11.6. The highest BCUT2D eigenvalue weighted by atomic mass is 16.5. The molecule has 2 saturated heterocycles. The summed E-state index contributed by atoms with van der Waals surface area (Å²) in [6.07, 6.45) is 6.81. The molecule has 1 aliphatic carbocycles. The first-order valence-corrected chi connectivity index (χ1v) is 14.3. The molecular formula is C32H45N3O3. The minimum absolute atomic E-state index is 0.532. The molecule has 6 nitrogen and oxygen atoms in total. The molecule has 38 heavy (non-hydrogen) atoms. The molecule has 0 amide bonds. The van der Waals surface area contributed by atoms with Gasteiger partial charge in [-0.15, -0.1) is 0 Å². The first-order chi connectivity index (χ1) is 18.2. The third kappa shape index (κ3) is 6.40. The van der Waals surface area contributed by atoms with Crippen molar-refractivity contribution in [3.63, 3.8) is 0 Å². The summed E-state index contributed by atoms with van der Waals surface area (Å²) in [6.45, 7) is 15.5. The Hall–Kier alpha value is -2.43. The number of nitrogens with zero attached hydrogens (tertiary/aromatic N) is 3. The number of fused-ring (bicyclic) bond motifs is 1. The molecule has 2 aromatic carbocycles. The van der Waals surface area contributed by atoms with E-state index in [-0.39, 0.29) is 0 Å². The molecule has 2 fully saturated rings. The number of hydrogen-bond donors (Lipinski definition) is 2. The molecule has 206 valence electrons. The molecule has 0 spiro atoms. The molecule has 2 aliphatic heterocycles. The van der Waals surface area contributed by atoms with Crippen molar-refractivity contribution in [2.75, 3.05) is 46.9 Å². The van der Waals surface area contributed by atoms with E-state index in [4.69, 9.17) is 11.3 Å². The van der Waals surface area contributed by atoms with Crippen LogP contribution in [0.25, 0.3) is 4.85 Å². The quantitative estimate of drug-likeness (QED) is 0.527. The van der Waals surface area contributed by atoms with Crippen molar-refractivity contribution in [3.05, 3.63) is 70.1 Å². The van der Waals surface area contributed by atoms with E-state index in [2.05, 4.69) is 53.9 Å². The topological polar surface area (TPSA) is 60.5 Å². The van der Waals surface area contributed by atoms with E-state index in [0.29, 0.717) is 30.9 Å². The zero-order chi connectivity index (χ0) is 27.3. The van der Waals surface area contributed by atoms with Crippen LogP contribution in [0.5, 0.6) is 5.75 Å². The Morgan fingerprint density at radius 3 is 2.05 bits per heavy atom. The van der Waals surface area contributed by atoms with Crippen LogP contribution in [0.3, 0.4) is 0 Å². The number of rotatable bonds is 5. The van der Waals surface area contributed by atoms with Gasteiger partial charge in [0.1, 0.15) is 5.75 Å². The first kappa shape index (κ1) is 28.6. The van der Waals surface area contributed by atoms with Crippen LogP contribution in [0.2, 0.25) is 0 Å². The van der Waals surface area contributed by atoms with E-state index in [1.807, 2.05) is 13.0 Å². The fraction of sp³-hybridized carbons (Fsp3) is 0.594. The maximum absolute atomic E-state index is 10.9. The molecule has 0 radical (unpaired) electrons. The molecule has 6 heteroatoms. The van der Waals surface area contributed by atoms with Crippen LogP contribution in [-0.4, -0.2) is 66.9 Å². The standard InChI is InChI=1S/C17H25NO.C15H20N2O2/c1-3-13-10-14-4-5-16(12-15(14)11-13)17(19)6-8-18(2)9-7-17;1-4-19-14-11-12(16-2)5-6-13(14)15(18)7-9-17(3)10-8-15/h4-5,12-13,19H,3,6-11H2,1-2H3;5-6,11,18H,4,7-10H2,1,3H3. The average Bonchev–Trinajstić information content (AvgIpc) is 3.35. The largest absolute Gasteiger partial charge is 0.495 e. The van der Waals surface area contributed by atoms with E-state index < -0.39 is 11.2 Å². The van der Waals surface area contributed by atoms with Gasteiger partial charge < -0.3 is 24.7 Å². The lowest BCUT2D eigenvalue weighted by Crippen LogP contribution is -2.40. The number of aliphatic hydroxyl groups is 2. The van der Waals surface area contributed by atoms with Crippen LogP contribution in [0, 0.1) is 12.5 Å². The van der Waals surface area contributed by atoms with E-state index >= 15 is 0 Å². The van der Waals surface area contributed by atoms with Crippen LogP contribution in [-0.2, 0) is 24.0 Å².